The van der Waals surface area contributed by atoms with Gasteiger partial charge in [-0.25, -0.2) is 22.0 Å². The van der Waals surface area contributed by atoms with E-state index in [-0.39, 0.29) is 16.0 Å². The Morgan fingerprint density at radius 2 is 1.66 bits per heavy atom. The predicted molar refractivity (Wildman–Crippen MR) is 100 cm³/mol. The third-order valence-electron chi connectivity index (χ3n) is 4.60. The van der Waals surface area contributed by atoms with E-state index < -0.39 is 40.0 Å². The minimum atomic E-state index is -3.72. The van der Waals surface area contributed by atoms with Crippen molar-refractivity contribution in [3.63, 3.8) is 0 Å². The van der Waals surface area contributed by atoms with Crippen LogP contribution in [-0.4, -0.2) is 44.2 Å². The van der Waals surface area contributed by atoms with Gasteiger partial charge in [-0.15, -0.1) is 0 Å². The van der Waals surface area contributed by atoms with E-state index in [2.05, 4.69) is 0 Å². The molecule has 1 aliphatic heterocycles. The van der Waals surface area contributed by atoms with E-state index in [0.717, 1.165) is 37.5 Å². The third-order valence-corrected chi connectivity index (χ3v) is 6.49. The van der Waals surface area contributed by atoms with Crippen molar-refractivity contribution < 1.29 is 31.5 Å². The first-order chi connectivity index (χ1) is 13.8. The summed E-state index contributed by atoms with van der Waals surface area (Å²) >= 11 is 0. The lowest BCUT2D eigenvalue weighted by Crippen LogP contribution is -2.35. The molecule has 0 aliphatic carbocycles. The number of esters is 1. The Bertz CT molecular complexity index is 1030. The number of nitrogens with zero attached hydrogens (tertiary/aromatic N) is 1. The van der Waals surface area contributed by atoms with Crippen molar-refractivity contribution in [1.29, 1.82) is 0 Å². The van der Waals surface area contributed by atoms with Gasteiger partial charge in [0.25, 0.3) is 0 Å². The number of Topliss-reactive ketones (excluding diaryl/α,β-unsaturated/α-hetero) is 1. The van der Waals surface area contributed by atoms with Crippen LogP contribution in [0.2, 0.25) is 0 Å². The van der Waals surface area contributed by atoms with Gasteiger partial charge < -0.3 is 4.74 Å². The minimum absolute atomic E-state index is 0.0267. The van der Waals surface area contributed by atoms with Crippen LogP contribution >= 0.6 is 0 Å². The normalized spacial score (nSPS) is 15.1. The quantitative estimate of drug-likeness (QED) is 0.527. The molecule has 1 saturated heterocycles. The molecule has 1 aliphatic rings. The molecular formula is C20H19F2NO5S. The molecular weight excluding hydrogens is 404 g/mol. The molecule has 0 bridgehead atoms. The molecule has 154 valence electrons. The molecule has 0 atom stereocenters. The summed E-state index contributed by atoms with van der Waals surface area (Å²) in [6, 6.07) is 8.00. The lowest BCUT2D eigenvalue weighted by atomic mass is 10.1. The van der Waals surface area contributed by atoms with Crippen molar-refractivity contribution in [2.45, 2.75) is 24.2 Å². The molecule has 2 aromatic rings. The van der Waals surface area contributed by atoms with E-state index in [1.807, 2.05) is 0 Å². The second-order valence-corrected chi connectivity index (χ2v) is 8.56. The van der Waals surface area contributed by atoms with Crippen molar-refractivity contribution in [3.8, 4) is 0 Å². The number of benzene rings is 2. The number of piperidine rings is 1. The van der Waals surface area contributed by atoms with Gasteiger partial charge in [0.15, 0.2) is 24.0 Å². The summed E-state index contributed by atoms with van der Waals surface area (Å²) in [5.74, 6) is -3.88. The molecule has 3 rings (SSSR count). The van der Waals surface area contributed by atoms with E-state index in [9.17, 15) is 26.8 Å². The lowest BCUT2D eigenvalue weighted by Gasteiger charge is -2.25. The van der Waals surface area contributed by atoms with Crippen LogP contribution in [-0.2, 0) is 14.8 Å². The number of ketones is 1. The highest BCUT2D eigenvalue weighted by atomic mass is 32.2. The van der Waals surface area contributed by atoms with Crippen LogP contribution in [0.4, 0.5) is 8.78 Å². The summed E-state index contributed by atoms with van der Waals surface area (Å²) in [5, 5.41) is 0. The fourth-order valence-electron chi connectivity index (χ4n) is 3.01. The molecule has 29 heavy (non-hydrogen) atoms. The van der Waals surface area contributed by atoms with Crippen molar-refractivity contribution in [1.82, 2.24) is 4.31 Å². The zero-order valence-electron chi connectivity index (χ0n) is 15.4. The van der Waals surface area contributed by atoms with Crippen LogP contribution in [0, 0.1) is 11.6 Å². The summed E-state index contributed by atoms with van der Waals surface area (Å²) in [7, 11) is -3.72. The number of halogens is 2. The molecule has 1 heterocycles. The van der Waals surface area contributed by atoms with Gasteiger partial charge in [0.1, 0.15) is 0 Å². The molecule has 0 aromatic heterocycles. The summed E-state index contributed by atoms with van der Waals surface area (Å²) in [4.78, 5) is 24.2. The van der Waals surface area contributed by atoms with Gasteiger partial charge in [0.05, 0.1) is 10.5 Å². The smallest absolute Gasteiger partial charge is 0.338 e. The molecule has 9 heteroatoms. The van der Waals surface area contributed by atoms with Crippen LogP contribution in [0.25, 0.3) is 0 Å². The topological polar surface area (TPSA) is 80.8 Å². The summed E-state index contributed by atoms with van der Waals surface area (Å²) in [5.41, 5.74) is -0.167. The monoisotopic (exact) mass is 423 g/mol. The number of hydrogen-bond donors (Lipinski definition) is 0. The van der Waals surface area contributed by atoms with Crippen molar-refractivity contribution in [2.24, 2.45) is 0 Å². The first-order valence-corrected chi connectivity index (χ1v) is 10.5. The number of ether oxygens (including phenoxy) is 1. The Morgan fingerprint density at radius 1 is 0.931 bits per heavy atom. The Labute approximate surface area is 167 Å². The summed E-state index contributed by atoms with van der Waals surface area (Å²) in [6.45, 7) is 0.173. The second kappa shape index (κ2) is 8.79. The van der Waals surface area contributed by atoms with Gasteiger partial charge in [-0.2, -0.15) is 4.31 Å². The lowest BCUT2D eigenvalue weighted by molar-refractivity contribution is 0.0474. The fourth-order valence-corrected chi connectivity index (χ4v) is 4.57. The van der Waals surface area contributed by atoms with E-state index >= 15 is 0 Å². The van der Waals surface area contributed by atoms with Gasteiger partial charge in [0.2, 0.25) is 10.0 Å². The number of hydrogen-bond acceptors (Lipinski definition) is 5. The second-order valence-electron chi connectivity index (χ2n) is 6.62. The average Bonchev–Trinajstić information content (AvgIpc) is 2.74. The molecule has 2 aromatic carbocycles. The van der Waals surface area contributed by atoms with Crippen LogP contribution in [0.1, 0.15) is 40.0 Å². The number of carbonyl (C=O) groups excluding carboxylic acids is 2. The Morgan fingerprint density at radius 3 is 2.34 bits per heavy atom. The highest BCUT2D eigenvalue weighted by Crippen LogP contribution is 2.21. The Hall–Kier alpha value is -2.65. The maximum Gasteiger partial charge on any atom is 0.338 e. The van der Waals surface area contributed by atoms with Crippen LogP contribution in [0.5, 0.6) is 0 Å². The summed E-state index contributed by atoms with van der Waals surface area (Å²) in [6.07, 6.45) is 2.55. The molecule has 6 nitrogen and oxygen atoms in total. The maximum atomic E-state index is 13.2. The third kappa shape index (κ3) is 4.86. The zero-order valence-corrected chi connectivity index (χ0v) is 16.3. The molecule has 0 radical (unpaired) electrons. The highest BCUT2D eigenvalue weighted by Gasteiger charge is 2.26. The van der Waals surface area contributed by atoms with Gasteiger partial charge >= 0.3 is 5.97 Å². The standard InChI is InChI=1S/C20H19F2NO5S/c21-17-8-7-14(12-18(17)22)19(24)13-28-20(25)15-5-4-6-16(11-15)29(26,27)23-9-2-1-3-10-23/h4-8,11-12H,1-3,9-10,13H2. The first kappa shape index (κ1) is 21.1. The number of rotatable bonds is 6. The average molecular weight is 423 g/mol. The molecule has 0 N–H and O–H groups in total. The molecule has 0 spiro atoms. The maximum absolute atomic E-state index is 13.2. The highest BCUT2D eigenvalue weighted by molar-refractivity contribution is 7.89. The van der Waals surface area contributed by atoms with Crippen molar-refractivity contribution >= 4 is 21.8 Å². The van der Waals surface area contributed by atoms with Gasteiger partial charge in [-0.05, 0) is 49.2 Å². The number of sulfonamides is 1. The Kier molecular flexibility index (Phi) is 6.39. The van der Waals surface area contributed by atoms with Crippen LogP contribution in [0.15, 0.2) is 47.4 Å². The van der Waals surface area contributed by atoms with Gasteiger partial charge in [-0.3, -0.25) is 4.79 Å². The summed E-state index contributed by atoms with van der Waals surface area (Å²) < 4.78 is 57.9. The minimum Gasteiger partial charge on any atom is -0.454 e. The van der Waals surface area contributed by atoms with Crippen LogP contribution < -0.4 is 0 Å². The molecule has 0 unspecified atom stereocenters. The SMILES string of the molecule is O=C(COC(=O)c1cccc(S(=O)(=O)N2CCCCC2)c1)c1ccc(F)c(F)c1. The largest absolute Gasteiger partial charge is 0.454 e. The first-order valence-electron chi connectivity index (χ1n) is 9.04. The van der Waals surface area contributed by atoms with E-state index in [1.165, 1.54) is 28.6 Å². The molecule has 1 fully saturated rings. The van der Waals surface area contributed by atoms with E-state index in [0.29, 0.717) is 13.1 Å². The fraction of sp³-hybridized carbons (Fsp3) is 0.300. The zero-order chi connectivity index (χ0) is 21.0. The predicted octanol–water partition coefficient (Wildman–Crippen LogP) is 3.18. The molecule has 0 saturated carbocycles. The van der Waals surface area contributed by atoms with Gasteiger partial charge in [-0.1, -0.05) is 12.5 Å². The van der Waals surface area contributed by atoms with Crippen molar-refractivity contribution in [3.05, 3.63) is 65.2 Å². The number of carbonyl (C=O) groups is 2. The van der Waals surface area contributed by atoms with E-state index in [4.69, 9.17) is 4.74 Å². The van der Waals surface area contributed by atoms with E-state index in [1.54, 1.807) is 0 Å². The molecule has 0 amide bonds. The van der Waals surface area contributed by atoms with Gasteiger partial charge in [0, 0.05) is 18.7 Å². The van der Waals surface area contributed by atoms with Crippen molar-refractivity contribution in [2.75, 3.05) is 19.7 Å². The van der Waals surface area contributed by atoms with Crippen LogP contribution in [0.3, 0.4) is 0 Å². The Balaban J connectivity index is 1.69.